The highest BCUT2D eigenvalue weighted by Crippen LogP contribution is 2.45. The number of carbonyl (C=O) groups is 1. The molecule has 5 nitrogen and oxygen atoms in total. The Morgan fingerprint density at radius 3 is 2.46 bits per heavy atom. The summed E-state index contributed by atoms with van der Waals surface area (Å²) in [5, 5.41) is 2.27. The van der Waals surface area contributed by atoms with Gasteiger partial charge in [0.1, 0.15) is 0 Å². The number of amides is 1. The summed E-state index contributed by atoms with van der Waals surface area (Å²) >= 11 is 5.76. The van der Waals surface area contributed by atoms with Gasteiger partial charge in [-0.1, -0.05) is 48.0 Å². The van der Waals surface area contributed by atoms with E-state index in [2.05, 4.69) is 52.0 Å². The van der Waals surface area contributed by atoms with Crippen molar-refractivity contribution < 1.29 is 18.0 Å². The van der Waals surface area contributed by atoms with E-state index in [1.54, 1.807) is 6.07 Å². The lowest BCUT2D eigenvalue weighted by molar-refractivity contribution is -0.137. The average molecular weight is 581 g/mol. The van der Waals surface area contributed by atoms with E-state index in [9.17, 15) is 18.0 Å². The van der Waals surface area contributed by atoms with Crippen molar-refractivity contribution in [2.24, 2.45) is 0 Å². The van der Waals surface area contributed by atoms with E-state index in [0.717, 1.165) is 55.6 Å². The SMILES string of the molecule is [C-]#[N+]c1cccc(-c2ccc3c(c2)CCN(CC(=O)Nc2ccc(Cl)c(C(F)(F)F)c2)C32CCN(C(C)C)CC2)c1. The predicted octanol–water partition coefficient (Wildman–Crippen LogP) is 7.77. The molecule has 214 valence electrons. The molecule has 1 amide bonds. The third kappa shape index (κ3) is 5.99. The Hall–Kier alpha value is -3.38. The lowest BCUT2D eigenvalue weighted by Gasteiger charge is -2.53. The van der Waals surface area contributed by atoms with E-state index in [0.29, 0.717) is 18.3 Å². The number of hydrogen-bond acceptors (Lipinski definition) is 3. The van der Waals surface area contributed by atoms with Crippen molar-refractivity contribution in [3.8, 4) is 11.1 Å². The van der Waals surface area contributed by atoms with Crippen molar-refractivity contribution in [3.63, 3.8) is 0 Å². The fourth-order valence-electron chi connectivity index (χ4n) is 6.25. The van der Waals surface area contributed by atoms with Crippen LogP contribution in [0, 0.1) is 6.57 Å². The highest BCUT2D eigenvalue weighted by atomic mass is 35.5. The molecular weight excluding hydrogens is 549 g/mol. The molecule has 0 aromatic heterocycles. The zero-order valence-corrected chi connectivity index (χ0v) is 23.8. The van der Waals surface area contributed by atoms with Gasteiger partial charge < -0.3 is 10.2 Å². The van der Waals surface area contributed by atoms with Gasteiger partial charge in [0, 0.05) is 36.9 Å². The van der Waals surface area contributed by atoms with Gasteiger partial charge in [0.2, 0.25) is 5.91 Å². The Balaban J connectivity index is 1.43. The fourth-order valence-corrected chi connectivity index (χ4v) is 6.47. The Morgan fingerprint density at radius 2 is 1.78 bits per heavy atom. The monoisotopic (exact) mass is 580 g/mol. The van der Waals surface area contributed by atoms with Crippen LogP contribution >= 0.6 is 11.6 Å². The van der Waals surface area contributed by atoms with Gasteiger partial charge >= 0.3 is 6.18 Å². The quantitative estimate of drug-likeness (QED) is 0.313. The van der Waals surface area contributed by atoms with Crippen LogP contribution in [0.3, 0.4) is 0 Å². The number of rotatable bonds is 5. The standard InChI is InChI=1S/C32H32ClF3N4O/c1-21(2)39-15-12-31(13-16-39)27-9-7-23(22-5-4-6-25(18-22)37-3)17-24(27)11-14-40(31)20-30(41)38-26-8-10-29(33)28(19-26)32(34,35)36/h4-10,17-19,21H,11-16,20H2,1-2H3,(H,38,41). The lowest BCUT2D eigenvalue weighted by atomic mass is 9.73. The maximum atomic E-state index is 13.4. The van der Waals surface area contributed by atoms with E-state index in [-0.39, 0.29) is 23.7 Å². The number of benzene rings is 3. The molecular formula is C32H32ClF3N4O. The van der Waals surface area contributed by atoms with Crippen LogP contribution in [-0.4, -0.2) is 47.9 Å². The van der Waals surface area contributed by atoms with E-state index >= 15 is 0 Å². The van der Waals surface area contributed by atoms with Gasteiger partial charge in [-0.25, -0.2) is 4.85 Å². The van der Waals surface area contributed by atoms with E-state index in [4.69, 9.17) is 18.2 Å². The first kappa shape index (κ1) is 29.1. The summed E-state index contributed by atoms with van der Waals surface area (Å²) in [6.07, 6.45) is -2.18. The maximum absolute atomic E-state index is 13.4. The normalized spacial score (nSPS) is 17.3. The van der Waals surface area contributed by atoms with E-state index < -0.39 is 16.8 Å². The Labute approximate surface area is 243 Å². The van der Waals surface area contributed by atoms with Crippen LogP contribution in [0.1, 0.15) is 43.4 Å². The Bertz CT molecular complexity index is 1490. The zero-order valence-electron chi connectivity index (χ0n) is 23.1. The maximum Gasteiger partial charge on any atom is 0.417 e. The average Bonchev–Trinajstić information content (AvgIpc) is 2.95. The fraction of sp³-hybridized carbons (Fsp3) is 0.375. The number of alkyl halides is 3. The Kier molecular flexibility index (Phi) is 8.15. The molecule has 5 rings (SSSR count). The zero-order chi connectivity index (χ0) is 29.4. The summed E-state index contributed by atoms with van der Waals surface area (Å²) in [7, 11) is 0. The highest BCUT2D eigenvalue weighted by Gasteiger charge is 2.45. The summed E-state index contributed by atoms with van der Waals surface area (Å²) in [5.74, 6) is -0.359. The van der Waals surface area contributed by atoms with Crippen LogP contribution in [-0.2, 0) is 22.9 Å². The molecule has 0 saturated carbocycles. The van der Waals surface area contributed by atoms with Gasteiger partial charge in [0.05, 0.1) is 23.7 Å². The molecule has 3 aromatic rings. The minimum Gasteiger partial charge on any atom is -0.325 e. The van der Waals surface area contributed by atoms with Crippen molar-refractivity contribution in [2.45, 2.75) is 50.9 Å². The molecule has 0 atom stereocenters. The molecule has 3 aromatic carbocycles. The number of halogens is 4. The first-order chi connectivity index (χ1) is 19.5. The number of likely N-dealkylation sites (tertiary alicyclic amines) is 1. The third-order valence-electron chi connectivity index (χ3n) is 8.42. The lowest BCUT2D eigenvalue weighted by Crippen LogP contribution is -2.58. The third-order valence-corrected chi connectivity index (χ3v) is 8.75. The number of carbonyl (C=O) groups excluding carboxylic acids is 1. The summed E-state index contributed by atoms with van der Waals surface area (Å²) in [6, 6.07) is 17.9. The molecule has 0 bridgehead atoms. The smallest absolute Gasteiger partial charge is 0.325 e. The van der Waals surface area contributed by atoms with Crippen molar-refractivity contribution in [1.29, 1.82) is 0 Å². The van der Waals surface area contributed by atoms with Crippen molar-refractivity contribution >= 4 is 28.9 Å². The molecule has 1 N–H and O–H groups in total. The number of hydrogen-bond donors (Lipinski definition) is 1. The van der Waals surface area contributed by atoms with E-state index in [1.165, 1.54) is 17.2 Å². The minimum atomic E-state index is -4.61. The molecule has 2 heterocycles. The van der Waals surface area contributed by atoms with Crippen LogP contribution in [0.4, 0.5) is 24.5 Å². The van der Waals surface area contributed by atoms with Gasteiger partial charge in [-0.05, 0) is 79.6 Å². The second-order valence-corrected chi connectivity index (χ2v) is 11.5. The van der Waals surface area contributed by atoms with Crippen molar-refractivity contribution in [1.82, 2.24) is 9.80 Å². The van der Waals surface area contributed by atoms with Crippen LogP contribution in [0.2, 0.25) is 5.02 Å². The largest absolute Gasteiger partial charge is 0.417 e. The van der Waals surface area contributed by atoms with Crippen LogP contribution in [0.25, 0.3) is 16.0 Å². The van der Waals surface area contributed by atoms with Crippen LogP contribution in [0.15, 0.2) is 60.7 Å². The molecule has 1 fully saturated rings. The van der Waals surface area contributed by atoms with Gasteiger partial charge in [0.25, 0.3) is 0 Å². The topological polar surface area (TPSA) is 39.9 Å². The molecule has 2 aliphatic rings. The summed E-state index contributed by atoms with van der Waals surface area (Å²) in [4.78, 5) is 21.4. The number of nitrogens with one attached hydrogen (secondary N) is 1. The van der Waals surface area contributed by atoms with Gasteiger partial charge in [-0.2, -0.15) is 13.2 Å². The molecule has 9 heteroatoms. The molecule has 41 heavy (non-hydrogen) atoms. The van der Waals surface area contributed by atoms with Crippen LogP contribution in [0.5, 0.6) is 0 Å². The number of fused-ring (bicyclic) bond motifs is 2. The number of anilines is 1. The minimum absolute atomic E-state index is 0.0686. The van der Waals surface area contributed by atoms with Crippen LogP contribution < -0.4 is 5.32 Å². The second-order valence-electron chi connectivity index (χ2n) is 11.1. The molecule has 2 aliphatic heterocycles. The molecule has 0 unspecified atom stereocenters. The molecule has 0 aliphatic carbocycles. The molecule has 0 radical (unpaired) electrons. The van der Waals surface area contributed by atoms with Gasteiger partial charge in [-0.15, -0.1) is 0 Å². The molecule has 1 saturated heterocycles. The number of nitrogens with zero attached hydrogens (tertiary/aromatic N) is 3. The van der Waals surface area contributed by atoms with E-state index in [1.807, 2.05) is 18.2 Å². The summed E-state index contributed by atoms with van der Waals surface area (Å²) in [6.45, 7) is 14.2. The Morgan fingerprint density at radius 1 is 1.05 bits per heavy atom. The van der Waals surface area contributed by atoms with Crippen molar-refractivity contribution in [3.05, 3.63) is 93.8 Å². The van der Waals surface area contributed by atoms with Gasteiger partial charge in [0.15, 0.2) is 5.69 Å². The molecule has 1 spiro atoms. The highest BCUT2D eigenvalue weighted by molar-refractivity contribution is 6.31. The first-order valence-electron chi connectivity index (χ1n) is 13.8. The first-order valence-corrected chi connectivity index (χ1v) is 14.1. The summed E-state index contributed by atoms with van der Waals surface area (Å²) in [5.41, 5.74) is 3.82. The summed E-state index contributed by atoms with van der Waals surface area (Å²) < 4.78 is 40.1. The predicted molar refractivity (Wildman–Crippen MR) is 156 cm³/mol. The number of piperidine rings is 1. The second kappa shape index (κ2) is 11.5. The van der Waals surface area contributed by atoms with Crippen molar-refractivity contribution in [2.75, 3.05) is 31.5 Å². The van der Waals surface area contributed by atoms with Gasteiger partial charge in [-0.3, -0.25) is 9.69 Å².